The van der Waals surface area contributed by atoms with E-state index in [1.807, 2.05) is 43.3 Å². The predicted octanol–water partition coefficient (Wildman–Crippen LogP) is 3.50. The lowest BCUT2D eigenvalue weighted by Gasteiger charge is -2.22. The summed E-state index contributed by atoms with van der Waals surface area (Å²) in [5.74, 6) is -0.496. The van der Waals surface area contributed by atoms with E-state index in [1.165, 1.54) is 11.3 Å². The lowest BCUT2D eigenvalue weighted by atomic mass is 10.1. The van der Waals surface area contributed by atoms with Crippen molar-refractivity contribution in [2.24, 2.45) is 5.73 Å². The second-order valence-electron chi connectivity index (χ2n) is 7.65. The number of hydrogen-bond donors (Lipinski definition) is 3. The number of halogens is 1. The van der Waals surface area contributed by atoms with E-state index in [0.717, 1.165) is 26.7 Å². The normalized spacial score (nSPS) is 12.5. The lowest BCUT2D eigenvalue weighted by molar-refractivity contribution is -0.129. The zero-order chi connectivity index (χ0) is 23.8. The number of nitrogens with zero attached hydrogens (tertiary/aromatic N) is 1. The fourth-order valence-corrected chi connectivity index (χ4v) is 4.82. The third-order valence-electron chi connectivity index (χ3n) is 5.12. The fourth-order valence-electron chi connectivity index (χ4n) is 3.38. The van der Waals surface area contributed by atoms with Crippen molar-refractivity contribution >= 4 is 34.8 Å². The molecular weight excluding hydrogens is 456 g/mol. The van der Waals surface area contributed by atoms with Crippen LogP contribution >= 0.6 is 22.9 Å². The third-order valence-corrected chi connectivity index (χ3v) is 6.66. The van der Waals surface area contributed by atoms with Crippen LogP contribution in [0.15, 0.2) is 42.5 Å². The van der Waals surface area contributed by atoms with Gasteiger partial charge in [0.1, 0.15) is 6.04 Å². The Balaban J connectivity index is 1.77. The predicted molar refractivity (Wildman–Crippen MR) is 132 cm³/mol. The molecule has 0 fully saturated rings. The monoisotopic (exact) mass is 482 g/mol. The average Bonchev–Trinajstić information content (AvgIpc) is 3.18. The molecule has 0 aliphatic carbocycles. The highest BCUT2D eigenvalue weighted by molar-refractivity contribution is 7.15. The van der Waals surface area contributed by atoms with Crippen molar-refractivity contribution in [3.8, 4) is 10.4 Å². The number of carbonyl (C=O) groups is 2. The zero-order valence-corrected chi connectivity index (χ0v) is 20.2. The minimum Gasteiger partial charge on any atom is -0.350 e. The molecule has 0 saturated carbocycles. The molecule has 1 heterocycles. The molecule has 1 aromatic heterocycles. The Morgan fingerprint density at radius 2 is 1.97 bits per heavy atom. The number of amides is 2. The van der Waals surface area contributed by atoms with Gasteiger partial charge >= 0.3 is 0 Å². The number of rotatable bonds is 10. The Morgan fingerprint density at radius 1 is 1.18 bits per heavy atom. The van der Waals surface area contributed by atoms with Gasteiger partial charge in [-0.2, -0.15) is 0 Å². The Morgan fingerprint density at radius 3 is 2.64 bits per heavy atom. The number of nitrogens with two attached hydrogens (primary N) is 1. The number of aromatic nitrogens is 1. The van der Waals surface area contributed by atoms with Gasteiger partial charge in [-0.05, 0) is 25.1 Å². The first kappa shape index (κ1) is 24.7. The van der Waals surface area contributed by atoms with Gasteiger partial charge in [-0.25, -0.2) is 4.98 Å². The number of aryl methyl sites for hydroxylation is 1. The van der Waals surface area contributed by atoms with Crippen LogP contribution < -0.4 is 16.4 Å². The summed E-state index contributed by atoms with van der Waals surface area (Å²) in [6, 6.07) is 18.0. The number of carbonyl (C=O) groups excluding carboxylic acids is 2. The van der Waals surface area contributed by atoms with Crippen LogP contribution in [0.25, 0.3) is 10.4 Å². The van der Waals surface area contributed by atoms with Crippen LogP contribution in [-0.2, 0) is 22.4 Å². The number of nitrogens with one attached hydrogen (secondary N) is 2. The SMILES string of the molecule is CCC(=O)N[C@@H](Cc1nc(C)c(-c2ccccc2Cl)s1)C(=O)N[C@H](CN)Cc1c#cccc1. The van der Waals surface area contributed by atoms with Gasteiger partial charge in [0.05, 0.1) is 15.6 Å². The zero-order valence-electron chi connectivity index (χ0n) is 18.7. The van der Waals surface area contributed by atoms with Crippen LogP contribution in [0.2, 0.25) is 5.02 Å². The Hall–Kier alpha value is -2.92. The smallest absolute Gasteiger partial charge is 0.243 e. The molecule has 172 valence electrons. The van der Waals surface area contributed by atoms with E-state index >= 15 is 0 Å². The highest BCUT2D eigenvalue weighted by Crippen LogP contribution is 2.35. The summed E-state index contributed by atoms with van der Waals surface area (Å²) in [5, 5.41) is 7.18. The van der Waals surface area contributed by atoms with E-state index in [1.54, 1.807) is 13.0 Å². The van der Waals surface area contributed by atoms with E-state index in [-0.39, 0.29) is 37.2 Å². The van der Waals surface area contributed by atoms with Crippen LogP contribution in [0.3, 0.4) is 0 Å². The van der Waals surface area contributed by atoms with Crippen molar-refractivity contribution in [1.29, 1.82) is 0 Å². The molecule has 0 bridgehead atoms. The lowest BCUT2D eigenvalue weighted by Crippen LogP contribution is -2.52. The summed E-state index contributed by atoms with van der Waals surface area (Å²) in [4.78, 5) is 30.9. The van der Waals surface area contributed by atoms with E-state index in [0.29, 0.717) is 11.4 Å². The second kappa shape index (κ2) is 11.8. The maximum atomic E-state index is 13.1. The minimum atomic E-state index is -0.762. The van der Waals surface area contributed by atoms with Crippen molar-refractivity contribution in [1.82, 2.24) is 15.6 Å². The summed E-state index contributed by atoms with van der Waals surface area (Å²) in [6.45, 7) is 3.92. The molecule has 2 amide bonds. The molecule has 0 saturated heterocycles. The Bertz CT molecular complexity index is 1090. The molecule has 3 aromatic rings. The molecular formula is C25H27ClN4O2S. The van der Waals surface area contributed by atoms with Gasteiger partial charge in [-0.3, -0.25) is 9.59 Å². The summed E-state index contributed by atoms with van der Waals surface area (Å²) < 4.78 is 0. The van der Waals surface area contributed by atoms with Gasteiger partial charge in [-0.15, -0.1) is 11.3 Å². The molecule has 2 atom stereocenters. The van der Waals surface area contributed by atoms with E-state index in [4.69, 9.17) is 17.3 Å². The average molecular weight is 483 g/mol. The van der Waals surface area contributed by atoms with E-state index < -0.39 is 6.04 Å². The third kappa shape index (κ3) is 6.78. The van der Waals surface area contributed by atoms with Gasteiger partial charge in [0.25, 0.3) is 0 Å². The highest BCUT2D eigenvalue weighted by atomic mass is 35.5. The first-order chi connectivity index (χ1) is 15.9. The fraction of sp³-hybridized carbons (Fsp3) is 0.320. The Kier molecular flexibility index (Phi) is 8.84. The molecule has 0 radical (unpaired) electrons. The number of benzene rings is 1. The highest BCUT2D eigenvalue weighted by Gasteiger charge is 2.25. The topological polar surface area (TPSA) is 97.1 Å². The first-order valence-corrected chi connectivity index (χ1v) is 12.0. The summed E-state index contributed by atoms with van der Waals surface area (Å²) in [6.07, 6.45) is 1.08. The summed E-state index contributed by atoms with van der Waals surface area (Å²) >= 11 is 7.84. The number of hydrogen-bond acceptors (Lipinski definition) is 5. The van der Waals surface area contributed by atoms with Crippen molar-refractivity contribution in [2.75, 3.05) is 6.54 Å². The molecule has 6 nitrogen and oxygen atoms in total. The van der Waals surface area contributed by atoms with Gasteiger partial charge in [-0.1, -0.05) is 54.9 Å². The first-order valence-electron chi connectivity index (χ1n) is 10.8. The molecule has 33 heavy (non-hydrogen) atoms. The van der Waals surface area contributed by atoms with Gasteiger partial charge in [0.15, 0.2) is 0 Å². The van der Waals surface area contributed by atoms with Crippen LogP contribution in [0.4, 0.5) is 0 Å². The van der Waals surface area contributed by atoms with Crippen molar-refractivity contribution < 1.29 is 9.59 Å². The van der Waals surface area contributed by atoms with Crippen LogP contribution in [0.5, 0.6) is 0 Å². The van der Waals surface area contributed by atoms with Gasteiger partial charge in [0, 0.05) is 48.0 Å². The summed E-state index contributed by atoms with van der Waals surface area (Å²) in [7, 11) is 0. The molecule has 3 rings (SSSR count). The maximum absolute atomic E-state index is 13.1. The van der Waals surface area contributed by atoms with Crippen LogP contribution in [-0.4, -0.2) is 35.4 Å². The largest absolute Gasteiger partial charge is 0.350 e. The van der Waals surface area contributed by atoms with Crippen molar-refractivity contribution in [2.45, 2.75) is 45.2 Å². The molecule has 0 aliphatic heterocycles. The quantitative estimate of drug-likeness (QED) is 0.412. The Labute approximate surface area is 203 Å². The molecule has 8 heteroatoms. The second-order valence-corrected chi connectivity index (χ2v) is 9.14. The molecule has 4 N–H and O–H groups in total. The van der Waals surface area contributed by atoms with Crippen molar-refractivity contribution in [3.05, 3.63) is 75.9 Å². The van der Waals surface area contributed by atoms with Crippen LogP contribution in [0.1, 0.15) is 29.6 Å². The van der Waals surface area contributed by atoms with Crippen molar-refractivity contribution in [3.63, 3.8) is 0 Å². The van der Waals surface area contributed by atoms with E-state index in [9.17, 15) is 9.59 Å². The van der Waals surface area contributed by atoms with E-state index in [2.05, 4.69) is 27.8 Å². The van der Waals surface area contributed by atoms with Gasteiger partial charge < -0.3 is 16.4 Å². The van der Waals surface area contributed by atoms with Gasteiger partial charge in [0.2, 0.25) is 11.8 Å². The van der Waals surface area contributed by atoms with Crippen LogP contribution in [0, 0.1) is 19.1 Å². The number of thiazole rings is 1. The molecule has 0 aliphatic rings. The molecule has 0 spiro atoms. The molecule has 0 unspecified atom stereocenters. The standard InChI is InChI=1S/C25H27ClN4O2S/c1-3-22(31)30-21(25(32)29-18(15-27)13-17-9-5-4-6-10-17)14-23-28-16(2)24(33-23)19-11-7-8-12-20(19)26/h4-5,7-9,11-12,18,21H,3,13-15,27H2,1-2H3,(H,29,32)(H,30,31)/t18-,21-/m0/s1. The maximum Gasteiger partial charge on any atom is 0.243 e. The minimum absolute atomic E-state index is 0.204. The summed E-state index contributed by atoms with van der Waals surface area (Å²) in [5.41, 5.74) is 8.54. The molecule has 2 aromatic carbocycles.